The average molecular weight is 577 g/mol. The van der Waals surface area contributed by atoms with Gasteiger partial charge in [-0.05, 0) is 47.5 Å². The summed E-state index contributed by atoms with van der Waals surface area (Å²) in [7, 11) is -8.68. The molecule has 0 bridgehead atoms. The highest BCUT2D eigenvalue weighted by molar-refractivity contribution is 7.89. The zero-order valence-electron chi connectivity index (χ0n) is 21.1. The van der Waals surface area contributed by atoms with Gasteiger partial charge in [0.25, 0.3) is 0 Å². The summed E-state index contributed by atoms with van der Waals surface area (Å²) in [5.74, 6) is 0. The molecule has 5 aromatic rings. The number of primary sulfonamides is 1. The number of nitrogens with two attached hydrogens (primary N) is 1. The van der Waals surface area contributed by atoms with Gasteiger partial charge in [-0.3, -0.25) is 0 Å². The van der Waals surface area contributed by atoms with Crippen molar-refractivity contribution in [3.8, 4) is 33.6 Å². The second-order valence-electron chi connectivity index (χ2n) is 8.77. The van der Waals surface area contributed by atoms with Crippen molar-refractivity contribution in [2.75, 3.05) is 0 Å². The minimum Gasteiger partial charge on any atom is -0.225 e. The van der Waals surface area contributed by atoms with Crippen LogP contribution in [0, 0.1) is 10.2 Å². The van der Waals surface area contributed by atoms with Gasteiger partial charge in [-0.15, -0.1) is 10.2 Å². The van der Waals surface area contributed by atoms with Crippen molar-refractivity contribution in [2.24, 2.45) is 5.14 Å². The predicted molar refractivity (Wildman–Crippen MR) is 140 cm³/mol. The topological polar surface area (TPSA) is 156 Å². The molecule has 0 aliphatic heterocycles. The average Bonchev–Trinajstić information content (AvgIpc) is 2.93. The monoisotopic (exact) mass is 576 g/mol. The van der Waals surface area contributed by atoms with Crippen LogP contribution < -0.4 is 28.3 Å². The van der Waals surface area contributed by atoms with E-state index in [4.69, 9.17) is 23.8 Å². The van der Waals surface area contributed by atoms with Gasteiger partial charge in [0.15, 0.2) is 6.54 Å². The number of hydrogen-bond acceptors (Lipinski definition) is 6. The highest BCUT2D eigenvalue weighted by Gasteiger charge is 2.23. The van der Waals surface area contributed by atoms with Gasteiger partial charge in [0, 0.05) is 28.8 Å². The molecule has 1 aromatic heterocycles. The molecule has 204 valence electrons. The van der Waals surface area contributed by atoms with Gasteiger partial charge in [0.05, 0.1) is 4.90 Å². The number of hydrogen-bond donors (Lipinski definition) is 1. The van der Waals surface area contributed by atoms with Gasteiger partial charge < -0.3 is 0 Å². The second-order valence-corrected chi connectivity index (χ2v) is 11.1. The Kier molecular flexibility index (Phi) is 9.08. The van der Waals surface area contributed by atoms with Crippen molar-refractivity contribution in [1.82, 2.24) is 0 Å². The zero-order chi connectivity index (χ0) is 28.8. The standard InChI is InChI=1S/C30H25N2O2S.ClHO4/c31-35(33,34)28-18-16-23(17-19-28)22-32-29(25-12-6-2-7-13-25)20-27(24-10-4-1-5-11-24)21-30(32)26-14-8-3-9-15-26;2-1(3,4)5/h1-21H,22H2,(H2,31,33,34);(H,2,3,4,5)/q+1;/p-1. The number of sulfonamides is 1. The fourth-order valence-corrected chi connectivity index (χ4v) is 4.77. The van der Waals surface area contributed by atoms with Crippen molar-refractivity contribution in [3.63, 3.8) is 0 Å². The van der Waals surface area contributed by atoms with E-state index in [0.29, 0.717) is 6.54 Å². The summed E-state index contributed by atoms with van der Waals surface area (Å²) in [6.45, 7) is 0.564. The molecule has 0 atom stereocenters. The van der Waals surface area contributed by atoms with E-state index in [1.807, 2.05) is 66.7 Å². The maximum atomic E-state index is 11.7. The van der Waals surface area contributed by atoms with Crippen LogP contribution in [0.4, 0.5) is 0 Å². The number of benzene rings is 4. The number of rotatable bonds is 6. The molecule has 1 heterocycles. The molecule has 0 amide bonds. The predicted octanol–water partition coefficient (Wildman–Crippen LogP) is 0.915. The molecular formula is C30H25ClN2O6S. The third-order valence-electron chi connectivity index (χ3n) is 6.00. The van der Waals surface area contributed by atoms with Crippen LogP contribution in [0.1, 0.15) is 5.56 Å². The van der Waals surface area contributed by atoms with Gasteiger partial charge in [-0.2, -0.15) is 4.57 Å². The molecule has 5 rings (SSSR count). The van der Waals surface area contributed by atoms with Crippen molar-refractivity contribution in [3.05, 3.63) is 133 Å². The molecule has 0 aliphatic carbocycles. The molecule has 0 saturated carbocycles. The molecule has 40 heavy (non-hydrogen) atoms. The van der Waals surface area contributed by atoms with Gasteiger partial charge in [0.2, 0.25) is 21.4 Å². The summed E-state index contributed by atoms with van der Waals surface area (Å²) >= 11 is 0. The molecule has 8 nitrogen and oxygen atoms in total. The number of halogens is 1. The third-order valence-corrected chi connectivity index (χ3v) is 6.93. The Bertz CT molecular complexity index is 1590. The minimum atomic E-state index is -4.94. The first-order chi connectivity index (χ1) is 19.0. The normalized spacial score (nSPS) is 11.4. The highest BCUT2D eigenvalue weighted by atomic mass is 35.7. The van der Waals surface area contributed by atoms with Crippen LogP contribution in [-0.4, -0.2) is 8.42 Å². The van der Waals surface area contributed by atoms with Gasteiger partial charge in [-0.1, -0.05) is 78.9 Å². The quantitative estimate of drug-likeness (QED) is 0.296. The van der Waals surface area contributed by atoms with E-state index in [-0.39, 0.29) is 4.90 Å². The van der Waals surface area contributed by atoms with E-state index < -0.39 is 20.3 Å². The number of pyridine rings is 1. The maximum Gasteiger partial charge on any atom is 0.238 e. The van der Waals surface area contributed by atoms with Gasteiger partial charge in [0.1, 0.15) is 0 Å². The van der Waals surface area contributed by atoms with E-state index in [0.717, 1.165) is 39.2 Å². The first kappa shape index (κ1) is 29.1. The molecule has 10 heteroatoms. The minimum absolute atomic E-state index is 0.109. The SMILES string of the molecule is NS(=O)(=O)c1ccc(C[n+]2c(-c3ccccc3)cc(-c3ccccc3)cc2-c2ccccc2)cc1.[O-][Cl+3]([O-])([O-])[O-]. The summed E-state index contributed by atoms with van der Waals surface area (Å²) in [6, 6.07) is 42.2. The summed E-state index contributed by atoms with van der Waals surface area (Å²) in [5.41, 5.74) is 7.59. The van der Waals surface area contributed by atoms with Crippen molar-refractivity contribution >= 4 is 10.0 Å². The Morgan fingerprint density at radius 2 is 0.950 bits per heavy atom. The maximum absolute atomic E-state index is 11.7. The van der Waals surface area contributed by atoms with Gasteiger partial charge >= 0.3 is 0 Å². The Labute approximate surface area is 234 Å². The van der Waals surface area contributed by atoms with E-state index in [1.165, 1.54) is 0 Å². The second kappa shape index (κ2) is 12.5. The Balaban J connectivity index is 0.000000681. The molecule has 0 saturated heterocycles. The molecule has 0 radical (unpaired) electrons. The van der Waals surface area contributed by atoms with Crippen molar-refractivity contribution < 1.29 is 41.9 Å². The lowest BCUT2D eigenvalue weighted by Crippen LogP contribution is -2.68. The van der Waals surface area contributed by atoms with Crippen LogP contribution in [0.2, 0.25) is 0 Å². The van der Waals surface area contributed by atoms with Crippen LogP contribution in [0.5, 0.6) is 0 Å². The third kappa shape index (κ3) is 8.04. The lowest BCUT2D eigenvalue weighted by molar-refractivity contribution is -2.00. The lowest BCUT2D eigenvalue weighted by atomic mass is 9.98. The fraction of sp³-hybridized carbons (Fsp3) is 0.0333. The van der Waals surface area contributed by atoms with Crippen molar-refractivity contribution in [2.45, 2.75) is 11.4 Å². The molecule has 0 fully saturated rings. The highest BCUT2D eigenvalue weighted by Crippen LogP contribution is 2.29. The lowest BCUT2D eigenvalue weighted by Gasteiger charge is -2.17. The number of aromatic nitrogens is 1. The Morgan fingerprint density at radius 1 is 0.575 bits per heavy atom. The molecule has 4 aromatic carbocycles. The van der Waals surface area contributed by atoms with E-state index in [1.54, 1.807) is 12.1 Å². The number of nitrogens with zero attached hydrogens (tertiary/aromatic N) is 1. The zero-order valence-corrected chi connectivity index (χ0v) is 22.7. The molecule has 0 aliphatic rings. The Hall–Kier alpha value is -3.93. The van der Waals surface area contributed by atoms with Crippen LogP contribution >= 0.6 is 0 Å². The van der Waals surface area contributed by atoms with Crippen LogP contribution in [0.25, 0.3) is 33.6 Å². The molecule has 0 spiro atoms. The Morgan fingerprint density at radius 3 is 1.32 bits per heavy atom. The smallest absolute Gasteiger partial charge is 0.225 e. The largest absolute Gasteiger partial charge is 0.238 e. The van der Waals surface area contributed by atoms with E-state index in [2.05, 4.69) is 53.1 Å². The first-order valence-corrected chi connectivity index (χ1v) is 14.7. The van der Waals surface area contributed by atoms with Crippen LogP contribution in [0.15, 0.2) is 132 Å². The summed E-state index contributed by atoms with van der Waals surface area (Å²) in [5, 5.41) is 5.30. The van der Waals surface area contributed by atoms with E-state index in [9.17, 15) is 8.42 Å². The summed E-state index contributed by atoms with van der Waals surface area (Å²) in [4.78, 5) is 0.109. The molecular weight excluding hydrogens is 552 g/mol. The first-order valence-electron chi connectivity index (χ1n) is 12.0. The summed E-state index contributed by atoms with van der Waals surface area (Å²) < 4.78 is 59.7. The summed E-state index contributed by atoms with van der Waals surface area (Å²) in [6.07, 6.45) is 0. The molecule has 2 N–H and O–H groups in total. The molecule has 0 unspecified atom stereocenters. The van der Waals surface area contributed by atoms with Crippen LogP contribution in [0.3, 0.4) is 0 Å². The van der Waals surface area contributed by atoms with Crippen molar-refractivity contribution in [1.29, 1.82) is 0 Å². The van der Waals surface area contributed by atoms with Crippen LogP contribution in [-0.2, 0) is 16.6 Å². The van der Waals surface area contributed by atoms with Gasteiger partial charge in [-0.25, -0.2) is 32.2 Å². The fourth-order valence-electron chi connectivity index (χ4n) is 4.25. The van der Waals surface area contributed by atoms with E-state index >= 15 is 0 Å².